The fourth-order valence-corrected chi connectivity index (χ4v) is 1.36. The van der Waals surface area contributed by atoms with Crippen molar-refractivity contribution in [3.63, 3.8) is 0 Å². The molecule has 0 aromatic carbocycles. The zero-order chi connectivity index (χ0) is 11.5. The minimum absolute atomic E-state index is 0.355. The molecule has 0 atom stereocenters. The van der Waals surface area contributed by atoms with Crippen LogP contribution < -0.4 is 4.90 Å². The summed E-state index contributed by atoms with van der Waals surface area (Å²) in [5, 5.41) is 4.15. The molecule has 0 fully saturated rings. The molecule has 0 bridgehead atoms. The second-order valence-electron chi connectivity index (χ2n) is 3.29. The predicted octanol–water partition coefficient (Wildman–Crippen LogP) is 1.46. The molecule has 0 N–H and O–H groups in total. The summed E-state index contributed by atoms with van der Waals surface area (Å²) < 4.78 is 4.88. The van der Waals surface area contributed by atoms with Gasteiger partial charge in [-0.3, -0.25) is 4.98 Å². The van der Waals surface area contributed by atoms with Gasteiger partial charge in [-0.1, -0.05) is 16.8 Å². The standard InChI is InChI=1S/C9H10ClN5O/c1-6-12-8(14-16-6)5-15(2)9-4-11-3-7(10)13-9/h3-4H,5H2,1-2H3. The number of rotatable bonds is 3. The Hall–Kier alpha value is -1.69. The number of halogens is 1. The van der Waals surface area contributed by atoms with Crippen molar-refractivity contribution in [1.29, 1.82) is 0 Å². The van der Waals surface area contributed by atoms with Crippen LogP contribution in [0.2, 0.25) is 5.15 Å². The van der Waals surface area contributed by atoms with Gasteiger partial charge >= 0.3 is 0 Å². The van der Waals surface area contributed by atoms with Gasteiger partial charge < -0.3 is 9.42 Å². The summed E-state index contributed by atoms with van der Waals surface area (Å²) in [6, 6.07) is 0. The Morgan fingerprint density at radius 1 is 1.38 bits per heavy atom. The van der Waals surface area contributed by atoms with Crippen LogP contribution in [0.4, 0.5) is 5.82 Å². The summed E-state index contributed by atoms with van der Waals surface area (Å²) in [6.07, 6.45) is 3.11. The average Bonchev–Trinajstić information content (AvgIpc) is 2.64. The smallest absolute Gasteiger partial charge is 0.223 e. The Labute approximate surface area is 97.3 Å². The van der Waals surface area contributed by atoms with Gasteiger partial charge in [-0.2, -0.15) is 4.98 Å². The number of nitrogens with zero attached hydrogens (tertiary/aromatic N) is 5. The fourth-order valence-electron chi connectivity index (χ4n) is 1.22. The van der Waals surface area contributed by atoms with Gasteiger partial charge in [0.1, 0.15) is 11.0 Å². The number of aromatic nitrogens is 4. The lowest BCUT2D eigenvalue weighted by Crippen LogP contribution is -2.18. The quantitative estimate of drug-likeness (QED) is 0.808. The van der Waals surface area contributed by atoms with E-state index in [1.54, 1.807) is 13.1 Å². The molecule has 0 radical (unpaired) electrons. The van der Waals surface area contributed by atoms with Crippen molar-refractivity contribution in [2.75, 3.05) is 11.9 Å². The van der Waals surface area contributed by atoms with Gasteiger partial charge in [0.2, 0.25) is 5.89 Å². The van der Waals surface area contributed by atoms with Gasteiger partial charge in [0.25, 0.3) is 0 Å². The first kappa shape index (κ1) is 10.8. The van der Waals surface area contributed by atoms with Crippen LogP contribution in [-0.2, 0) is 6.54 Å². The fraction of sp³-hybridized carbons (Fsp3) is 0.333. The molecule has 6 nitrogen and oxygen atoms in total. The number of aryl methyl sites for hydroxylation is 1. The molecule has 0 aliphatic heterocycles. The molecule has 0 spiro atoms. The van der Waals surface area contributed by atoms with E-state index in [2.05, 4.69) is 20.1 Å². The summed E-state index contributed by atoms with van der Waals surface area (Å²) in [5.41, 5.74) is 0. The lowest BCUT2D eigenvalue weighted by molar-refractivity contribution is 0.387. The molecule has 0 aliphatic rings. The van der Waals surface area contributed by atoms with E-state index in [4.69, 9.17) is 16.1 Å². The molecule has 2 rings (SSSR count). The Morgan fingerprint density at radius 2 is 2.19 bits per heavy atom. The van der Waals surface area contributed by atoms with Gasteiger partial charge in [0, 0.05) is 14.0 Å². The zero-order valence-electron chi connectivity index (χ0n) is 8.88. The molecule has 0 amide bonds. The van der Waals surface area contributed by atoms with Crippen molar-refractivity contribution in [2.24, 2.45) is 0 Å². The number of anilines is 1. The third-order valence-electron chi connectivity index (χ3n) is 1.93. The van der Waals surface area contributed by atoms with Crippen LogP contribution in [0.15, 0.2) is 16.9 Å². The average molecular weight is 240 g/mol. The largest absolute Gasteiger partial charge is 0.351 e. The second-order valence-corrected chi connectivity index (χ2v) is 3.67. The number of hydrogen-bond acceptors (Lipinski definition) is 6. The van der Waals surface area contributed by atoms with Crippen molar-refractivity contribution in [2.45, 2.75) is 13.5 Å². The van der Waals surface area contributed by atoms with E-state index in [1.165, 1.54) is 6.20 Å². The molecule has 2 aromatic rings. The summed E-state index contributed by atoms with van der Waals surface area (Å²) in [4.78, 5) is 14.0. The van der Waals surface area contributed by atoms with Gasteiger partial charge in [0.05, 0.1) is 18.9 Å². The molecule has 0 saturated heterocycles. The Bertz CT molecular complexity index is 486. The summed E-state index contributed by atoms with van der Waals surface area (Å²) in [6.45, 7) is 2.24. The van der Waals surface area contributed by atoms with E-state index < -0.39 is 0 Å². The normalized spacial score (nSPS) is 10.4. The topological polar surface area (TPSA) is 67.9 Å². The molecule has 2 aromatic heterocycles. The minimum atomic E-state index is 0.355. The maximum absolute atomic E-state index is 5.75. The monoisotopic (exact) mass is 239 g/mol. The zero-order valence-corrected chi connectivity index (χ0v) is 9.64. The molecule has 0 saturated carbocycles. The van der Waals surface area contributed by atoms with Crippen molar-refractivity contribution in [3.05, 3.63) is 29.3 Å². The van der Waals surface area contributed by atoms with E-state index in [9.17, 15) is 0 Å². The third-order valence-corrected chi connectivity index (χ3v) is 2.11. The molecular formula is C9H10ClN5O. The van der Waals surface area contributed by atoms with E-state index >= 15 is 0 Å². The first-order valence-corrected chi connectivity index (χ1v) is 5.01. The van der Waals surface area contributed by atoms with Crippen LogP contribution >= 0.6 is 11.6 Å². The predicted molar refractivity (Wildman–Crippen MR) is 58.2 cm³/mol. The van der Waals surface area contributed by atoms with Crippen molar-refractivity contribution in [3.8, 4) is 0 Å². The van der Waals surface area contributed by atoms with E-state index in [1.807, 2.05) is 11.9 Å². The Kier molecular flexibility index (Phi) is 3.00. The Balaban J connectivity index is 2.11. The van der Waals surface area contributed by atoms with Gasteiger partial charge in [-0.15, -0.1) is 0 Å². The van der Waals surface area contributed by atoms with Crippen LogP contribution in [0.25, 0.3) is 0 Å². The summed E-state index contributed by atoms with van der Waals surface area (Å²) >= 11 is 5.75. The lowest BCUT2D eigenvalue weighted by atomic mass is 10.5. The van der Waals surface area contributed by atoms with Crippen LogP contribution in [0, 0.1) is 6.92 Å². The SMILES string of the molecule is Cc1nc(CN(C)c2cncc(Cl)n2)no1. The minimum Gasteiger partial charge on any atom is -0.351 e. The van der Waals surface area contributed by atoms with Crippen LogP contribution in [0.5, 0.6) is 0 Å². The van der Waals surface area contributed by atoms with Crippen LogP contribution in [-0.4, -0.2) is 27.2 Å². The first-order chi connectivity index (χ1) is 7.65. The van der Waals surface area contributed by atoms with Crippen molar-refractivity contribution < 1.29 is 4.52 Å². The molecule has 7 heteroatoms. The van der Waals surface area contributed by atoms with Crippen molar-refractivity contribution >= 4 is 17.4 Å². The summed E-state index contributed by atoms with van der Waals surface area (Å²) in [5.74, 6) is 1.80. The Morgan fingerprint density at radius 3 is 2.81 bits per heavy atom. The van der Waals surface area contributed by atoms with E-state index in [-0.39, 0.29) is 0 Å². The highest BCUT2D eigenvalue weighted by Crippen LogP contribution is 2.12. The lowest BCUT2D eigenvalue weighted by Gasteiger charge is -2.14. The van der Waals surface area contributed by atoms with Gasteiger partial charge in [-0.25, -0.2) is 4.98 Å². The maximum atomic E-state index is 5.75. The second kappa shape index (κ2) is 4.44. The third kappa shape index (κ3) is 2.46. The highest BCUT2D eigenvalue weighted by atomic mass is 35.5. The van der Waals surface area contributed by atoms with Crippen LogP contribution in [0.3, 0.4) is 0 Å². The molecule has 0 aliphatic carbocycles. The molecular weight excluding hydrogens is 230 g/mol. The summed E-state index contributed by atoms with van der Waals surface area (Å²) in [7, 11) is 1.85. The highest BCUT2D eigenvalue weighted by Gasteiger charge is 2.08. The van der Waals surface area contributed by atoms with Gasteiger partial charge in [-0.05, 0) is 0 Å². The van der Waals surface area contributed by atoms with Crippen LogP contribution in [0.1, 0.15) is 11.7 Å². The molecule has 2 heterocycles. The molecule has 84 valence electrons. The van der Waals surface area contributed by atoms with Gasteiger partial charge in [0.15, 0.2) is 5.82 Å². The maximum Gasteiger partial charge on any atom is 0.223 e. The first-order valence-electron chi connectivity index (χ1n) is 4.63. The van der Waals surface area contributed by atoms with Crippen molar-refractivity contribution in [1.82, 2.24) is 20.1 Å². The van der Waals surface area contributed by atoms with E-state index in [0.717, 1.165) is 0 Å². The molecule has 16 heavy (non-hydrogen) atoms. The van der Waals surface area contributed by atoms with E-state index in [0.29, 0.717) is 29.2 Å². The number of hydrogen-bond donors (Lipinski definition) is 0. The highest BCUT2D eigenvalue weighted by molar-refractivity contribution is 6.29. The molecule has 0 unspecified atom stereocenters.